The third-order valence-electron chi connectivity index (χ3n) is 6.50. The first-order valence-electron chi connectivity index (χ1n) is 13.0. The van der Waals surface area contributed by atoms with Gasteiger partial charge >= 0.3 is 0 Å². The molecule has 1 unspecified atom stereocenters. The van der Waals surface area contributed by atoms with Crippen LogP contribution in [0.25, 0.3) is 10.9 Å². The van der Waals surface area contributed by atoms with Gasteiger partial charge in [-0.2, -0.15) is 5.10 Å². The highest BCUT2D eigenvalue weighted by molar-refractivity contribution is 7.92. The number of aromatic nitrogens is 3. The maximum Gasteiger partial charge on any atom is 0.228 e. The normalized spacial score (nSPS) is 13.1. The van der Waals surface area contributed by atoms with Gasteiger partial charge in [0.05, 0.1) is 39.2 Å². The van der Waals surface area contributed by atoms with Crippen LogP contribution in [0.15, 0.2) is 95.1 Å². The number of carbonyl (C=O) groups excluding carboxylic acids is 1. The second-order valence-corrected chi connectivity index (χ2v) is 12.8. The van der Waals surface area contributed by atoms with E-state index in [-0.39, 0.29) is 26.5 Å². The van der Waals surface area contributed by atoms with Crippen LogP contribution in [0.1, 0.15) is 34.8 Å². The predicted molar refractivity (Wildman–Crippen MR) is 161 cm³/mol. The number of halogens is 1. The molecule has 0 saturated carbocycles. The minimum Gasteiger partial charge on any atom is -0.453 e. The molecule has 0 bridgehead atoms. The summed E-state index contributed by atoms with van der Waals surface area (Å²) in [7, 11) is -3.28. The summed E-state index contributed by atoms with van der Waals surface area (Å²) < 4.78 is 45.1. The smallest absolute Gasteiger partial charge is 0.228 e. The van der Waals surface area contributed by atoms with Crippen LogP contribution < -0.4 is 10.1 Å². The highest BCUT2D eigenvalue weighted by atomic mass is 32.2. The number of nitrogens with zero attached hydrogens (tertiary/aromatic N) is 3. The topological polar surface area (TPSA) is 110 Å². The van der Waals surface area contributed by atoms with Crippen LogP contribution in [0.4, 0.5) is 10.1 Å². The molecule has 0 aliphatic rings. The van der Waals surface area contributed by atoms with Crippen LogP contribution in [0.2, 0.25) is 0 Å². The average Bonchev–Trinajstić information content (AvgIpc) is 3.40. The fourth-order valence-electron chi connectivity index (χ4n) is 4.40. The maximum atomic E-state index is 15.3. The van der Waals surface area contributed by atoms with Gasteiger partial charge in [0.2, 0.25) is 5.91 Å². The van der Waals surface area contributed by atoms with E-state index in [1.165, 1.54) is 6.07 Å². The van der Waals surface area contributed by atoms with E-state index in [1.807, 2.05) is 20.8 Å². The molecule has 1 atom stereocenters. The summed E-state index contributed by atoms with van der Waals surface area (Å²) in [5.41, 5.74) is 1.89. The molecule has 2 aromatic heterocycles. The van der Waals surface area contributed by atoms with Gasteiger partial charge < -0.3 is 10.1 Å². The van der Waals surface area contributed by atoms with E-state index in [4.69, 9.17) is 9.52 Å². The van der Waals surface area contributed by atoms with Crippen LogP contribution in [0.5, 0.6) is 11.5 Å². The Morgan fingerprint density at radius 2 is 1.85 bits per heavy atom. The zero-order valence-electron chi connectivity index (χ0n) is 23.1. The van der Waals surface area contributed by atoms with E-state index < -0.39 is 15.5 Å². The van der Waals surface area contributed by atoms with Crippen molar-refractivity contribution in [3.63, 3.8) is 0 Å². The summed E-state index contributed by atoms with van der Waals surface area (Å²) in [5, 5.41) is 7.58. The monoisotopic (exact) mass is 575 g/mol. The molecule has 0 saturated heterocycles. The number of benzene rings is 3. The fourth-order valence-corrected chi connectivity index (χ4v) is 5.76. The first kappa shape index (κ1) is 28.0. The maximum absolute atomic E-state index is 15.3. The van der Waals surface area contributed by atoms with Crippen molar-refractivity contribution in [2.75, 3.05) is 5.32 Å². The predicted octanol–water partition coefficient (Wildman–Crippen LogP) is 7.56. The van der Waals surface area contributed by atoms with Crippen LogP contribution in [0.3, 0.4) is 0 Å². The summed E-state index contributed by atoms with van der Waals surface area (Å²) in [6, 6.07) is 18.0. The molecule has 41 heavy (non-hydrogen) atoms. The van der Waals surface area contributed by atoms with E-state index in [0.29, 0.717) is 43.3 Å². The van der Waals surface area contributed by atoms with Crippen molar-refractivity contribution in [1.82, 2.24) is 14.8 Å². The van der Waals surface area contributed by atoms with Gasteiger partial charge in [0.25, 0.3) is 0 Å². The van der Waals surface area contributed by atoms with Gasteiger partial charge in [0.15, 0.2) is 11.6 Å². The Balaban J connectivity index is 0.00000253. The molecule has 0 fully saturated rings. The number of fused-ring (bicyclic) bond motifs is 1. The number of anilines is 1. The Morgan fingerprint density at radius 1 is 1.10 bits per heavy atom. The van der Waals surface area contributed by atoms with Crippen molar-refractivity contribution in [2.24, 2.45) is 0 Å². The first-order chi connectivity index (χ1) is 19.4. The van der Waals surface area contributed by atoms with Crippen LogP contribution >= 0.6 is 0 Å². The number of ether oxygens (including phenoxy) is 1. The molecule has 5 rings (SSSR count). The highest BCUT2D eigenvalue weighted by Crippen LogP contribution is 2.35. The van der Waals surface area contributed by atoms with Crippen LogP contribution in [0, 0.1) is 17.5 Å². The molecule has 2 heterocycles. The zero-order valence-corrected chi connectivity index (χ0v) is 24.0. The van der Waals surface area contributed by atoms with Crippen LogP contribution in [-0.2, 0) is 26.5 Å². The molecule has 10 heteroatoms. The molecular formula is C31H34FN5O3S. The number of rotatable bonds is 7. The molecule has 0 radical (unpaired) electrons. The molecule has 2 N–H and O–H groups in total. The standard InChI is InChI=1S/C31H30FN5O3S.2H2/c1-20-14-21(16-29(38)36-22-18-35-37(19-22)31(2,3)4)15-26(32)30(20)40-28-12-13-34-27-11-10-24(17-25(27)28)41(33,39)23-8-6-5-7-9-23;;/h5-15,17-19,33H,16H2,1-4H3,(H,36,38);2*1H. The minimum absolute atomic E-state index is 0. The second kappa shape index (κ2) is 10.8. The quantitative estimate of drug-likeness (QED) is 0.208. The molecule has 1 amide bonds. The number of amides is 1. The lowest BCUT2D eigenvalue weighted by molar-refractivity contribution is -0.115. The highest BCUT2D eigenvalue weighted by Gasteiger charge is 2.19. The van der Waals surface area contributed by atoms with Crippen molar-refractivity contribution in [1.29, 1.82) is 4.78 Å². The number of hydrogen-bond donors (Lipinski definition) is 2. The average molecular weight is 576 g/mol. The lowest BCUT2D eigenvalue weighted by Gasteiger charge is -2.18. The molecule has 5 aromatic rings. The summed E-state index contributed by atoms with van der Waals surface area (Å²) in [6.07, 6.45) is 4.84. The van der Waals surface area contributed by atoms with Gasteiger partial charge in [-0.3, -0.25) is 14.5 Å². The largest absolute Gasteiger partial charge is 0.453 e. The summed E-state index contributed by atoms with van der Waals surface area (Å²) in [5.74, 6) is -0.601. The minimum atomic E-state index is -3.28. The Kier molecular flexibility index (Phi) is 7.35. The van der Waals surface area contributed by atoms with E-state index in [2.05, 4.69) is 15.4 Å². The Labute approximate surface area is 241 Å². The molecule has 0 aliphatic carbocycles. The van der Waals surface area contributed by atoms with E-state index >= 15 is 4.39 Å². The van der Waals surface area contributed by atoms with Crippen molar-refractivity contribution < 1.29 is 21.0 Å². The SMILES string of the molecule is Cc1cc(CC(=O)Nc2cnn(C(C)(C)C)c2)cc(F)c1Oc1ccnc2ccc(S(=N)(=O)c3ccccc3)cc12.[HH].[HH]. The zero-order chi connectivity index (χ0) is 29.4. The summed E-state index contributed by atoms with van der Waals surface area (Å²) in [6.45, 7) is 7.72. The second-order valence-electron chi connectivity index (χ2n) is 10.8. The lowest BCUT2D eigenvalue weighted by atomic mass is 10.1. The third-order valence-corrected chi connectivity index (χ3v) is 8.35. The van der Waals surface area contributed by atoms with Gasteiger partial charge in [-0.15, -0.1) is 0 Å². The number of carbonyl (C=O) groups is 1. The fraction of sp³-hybridized carbons (Fsp3) is 0.194. The van der Waals surface area contributed by atoms with Crippen LogP contribution in [-0.4, -0.2) is 24.9 Å². The molecule has 3 aromatic carbocycles. The van der Waals surface area contributed by atoms with Gasteiger partial charge in [0.1, 0.15) is 15.5 Å². The number of nitrogens with one attached hydrogen (secondary N) is 2. The van der Waals surface area contributed by atoms with Gasteiger partial charge in [-0.25, -0.2) is 13.4 Å². The van der Waals surface area contributed by atoms with Crippen molar-refractivity contribution in [3.8, 4) is 11.5 Å². The van der Waals surface area contributed by atoms with Crippen molar-refractivity contribution in [3.05, 3.63) is 102 Å². The molecule has 8 nitrogen and oxygen atoms in total. The molecular weight excluding hydrogens is 541 g/mol. The Morgan fingerprint density at radius 3 is 2.54 bits per heavy atom. The van der Waals surface area contributed by atoms with Gasteiger partial charge in [-0.1, -0.05) is 24.3 Å². The van der Waals surface area contributed by atoms with Gasteiger partial charge in [0, 0.05) is 20.6 Å². The van der Waals surface area contributed by atoms with Gasteiger partial charge in [-0.05, 0) is 81.3 Å². The van der Waals surface area contributed by atoms with E-state index in [9.17, 15) is 9.00 Å². The molecule has 0 spiro atoms. The summed E-state index contributed by atoms with van der Waals surface area (Å²) in [4.78, 5) is 17.7. The van der Waals surface area contributed by atoms with E-state index in [1.54, 1.807) is 90.9 Å². The Bertz CT molecular complexity index is 1850. The molecule has 214 valence electrons. The number of aryl methyl sites for hydroxylation is 1. The van der Waals surface area contributed by atoms with E-state index in [0.717, 1.165) is 0 Å². The third kappa shape index (κ3) is 5.97. The summed E-state index contributed by atoms with van der Waals surface area (Å²) >= 11 is 0. The number of pyridine rings is 1. The first-order valence-corrected chi connectivity index (χ1v) is 14.5. The number of hydrogen-bond acceptors (Lipinski definition) is 6. The Hall–Kier alpha value is -4.57. The van der Waals surface area contributed by atoms with Crippen molar-refractivity contribution >= 4 is 32.2 Å². The van der Waals surface area contributed by atoms with Crippen molar-refractivity contribution in [2.45, 2.75) is 49.4 Å². The molecule has 0 aliphatic heterocycles. The lowest BCUT2D eigenvalue weighted by Crippen LogP contribution is -2.22.